The molecule has 0 saturated heterocycles. The normalized spacial score (nSPS) is 11.9. The molecule has 0 bridgehead atoms. The number of hydrogen-bond acceptors (Lipinski definition) is 4. The highest BCUT2D eigenvalue weighted by molar-refractivity contribution is 5.93. The van der Waals surface area contributed by atoms with Crippen LogP contribution in [0.4, 0.5) is 22.0 Å². The van der Waals surface area contributed by atoms with Crippen LogP contribution in [0.25, 0.3) is 22.2 Å². The minimum Gasteiger partial charge on any atom is -0.467 e. The van der Waals surface area contributed by atoms with Crippen molar-refractivity contribution in [2.45, 2.75) is 19.5 Å². The molecule has 27 heavy (non-hydrogen) atoms. The Kier molecular flexibility index (Phi) is 4.86. The minimum atomic E-state index is -3.24. The summed E-state index contributed by atoms with van der Waals surface area (Å²) in [5.41, 5.74) is -0.427. The van der Waals surface area contributed by atoms with Crippen molar-refractivity contribution >= 4 is 10.9 Å². The third-order valence-electron chi connectivity index (χ3n) is 3.73. The topological polar surface area (TPSA) is 44.2 Å². The number of ether oxygens (including phenoxy) is 2. The van der Waals surface area contributed by atoms with Crippen LogP contribution in [0.1, 0.15) is 12.5 Å². The zero-order valence-electron chi connectivity index (χ0n) is 14.1. The predicted molar refractivity (Wildman–Crippen MR) is 86.5 cm³/mol. The maximum absolute atomic E-state index is 14.6. The fraction of sp³-hybridized carbons (Fsp3) is 0.222. The first kappa shape index (κ1) is 18.8. The smallest absolute Gasteiger partial charge is 0.387 e. The summed E-state index contributed by atoms with van der Waals surface area (Å²) in [5.74, 6) is -5.02. The van der Waals surface area contributed by atoms with Crippen LogP contribution in [0.2, 0.25) is 0 Å². The molecule has 0 N–H and O–H groups in total. The van der Waals surface area contributed by atoms with E-state index >= 15 is 0 Å². The number of aromatic nitrogens is 2. The first-order chi connectivity index (χ1) is 12.7. The third kappa shape index (κ3) is 3.76. The summed E-state index contributed by atoms with van der Waals surface area (Å²) in [6.45, 7) is -2.51. The van der Waals surface area contributed by atoms with Gasteiger partial charge in [-0.3, -0.25) is 0 Å². The van der Waals surface area contributed by atoms with Gasteiger partial charge in [0.1, 0.15) is 0 Å². The van der Waals surface area contributed by atoms with E-state index in [0.717, 1.165) is 19.1 Å². The lowest BCUT2D eigenvalue weighted by Crippen LogP contribution is -2.07. The SMILES string of the molecule is COc1nc(-c2cc[c]c(OC(F)F)c2F)c2ccc(C(C)(F)F)cc2n1. The molecule has 2 aromatic carbocycles. The van der Waals surface area contributed by atoms with Gasteiger partial charge in [-0.2, -0.15) is 18.7 Å². The van der Waals surface area contributed by atoms with Gasteiger partial charge in [0.15, 0.2) is 11.6 Å². The quantitative estimate of drug-likeness (QED) is 0.585. The molecular weight excluding hydrogens is 371 g/mol. The fourth-order valence-electron chi connectivity index (χ4n) is 2.50. The highest BCUT2D eigenvalue weighted by atomic mass is 19.3. The molecule has 3 rings (SSSR count). The van der Waals surface area contributed by atoms with E-state index in [4.69, 9.17) is 4.74 Å². The van der Waals surface area contributed by atoms with E-state index < -0.39 is 24.1 Å². The molecule has 3 aromatic rings. The summed E-state index contributed by atoms with van der Waals surface area (Å²) < 4.78 is 75.8. The van der Waals surface area contributed by atoms with E-state index in [1.54, 1.807) is 0 Å². The van der Waals surface area contributed by atoms with E-state index in [0.29, 0.717) is 0 Å². The monoisotopic (exact) mass is 383 g/mol. The number of benzene rings is 2. The molecule has 0 spiro atoms. The third-order valence-corrected chi connectivity index (χ3v) is 3.73. The van der Waals surface area contributed by atoms with E-state index in [9.17, 15) is 22.0 Å². The van der Waals surface area contributed by atoms with E-state index in [2.05, 4.69) is 20.8 Å². The zero-order valence-corrected chi connectivity index (χ0v) is 14.1. The van der Waals surface area contributed by atoms with Crippen molar-refractivity contribution in [3.8, 4) is 23.0 Å². The molecule has 1 aromatic heterocycles. The first-order valence-electron chi connectivity index (χ1n) is 7.60. The summed E-state index contributed by atoms with van der Waals surface area (Å²) in [7, 11) is 1.25. The number of rotatable bonds is 5. The van der Waals surface area contributed by atoms with Crippen LogP contribution in [0.5, 0.6) is 11.8 Å². The van der Waals surface area contributed by atoms with Crippen LogP contribution in [-0.4, -0.2) is 23.7 Å². The summed E-state index contributed by atoms with van der Waals surface area (Å²) in [6.07, 6.45) is 0. The summed E-state index contributed by atoms with van der Waals surface area (Å²) >= 11 is 0. The Labute approximate surface area is 150 Å². The standard InChI is InChI=1S/C18H12F5N2O2/c1-18(22,23)9-6-7-10-12(8-9)24-17(26-2)25-15(10)11-4-3-5-13(14(11)19)27-16(20)21/h3-4,6-8,16H,1-2H3. The Morgan fingerprint density at radius 1 is 1.15 bits per heavy atom. The Hall–Kier alpha value is -2.97. The largest absolute Gasteiger partial charge is 0.467 e. The van der Waals surface area contributed by atoms with Gasteiger partial charge < -0.3 is 9.47 Å². The molecule has 141 valence electrons. The summed E-state index contributed by atoms with van der Waals surface area (Å²) in [4.78, 5) is 8.05. The number of methoxy groups -OCH3 is 1. The van der Waals surface area contributed by atoms with Crippen LogP contribution in [0.3, 0.4) is 0 Å². The highest BCUT2D eigenvalue weighted by Gasteiger charge is 2.26. The van der Waals surface area contributed by atoms with E-state index in [1.807, 2.05) is 0 Å². The summed E-state index contributed by atoms with van der Waals surface area (Å²) in [5, 5.41) is 0.233. The lowest BCUT2D eigenvalue weighted by Gasteiger charge is -2.14. The lowest BCUT2D eigenvalue weighted by atomic mass is 10.0. The zero-order chi connectivity index (χ0) is 19.8. The Morgan fingerprint density at radius 2 is 1.89 bits per heavy atom. The van der Waals surface area contributed by atoms with Gasteiger partial charge in [0.2, 0.25) is 0 Å². The van der Waals surface area contributed by atoms with Gasteiger partial charge in [0.25, 0.3) is 5.92 Å². The second kappa shape index (κ2) is 6.98. The van der Waals surface area contributed by atoms with Crippen molar-refractivity contribution in [2.75, 3.05) is 7.11 Å². The number of fused-ring (bicyclic) bond motifs is 1. The molecule has 4 nitrogen and oxygen atoms in total. The molecule has 0 fully saturated rings. The molecule has 0 aliphatic rings. The Bertz CT molecular complexity index is 989. The van der Waals surface area contributed by atoms with Crippen LogP contribution < -0.4 is 9.47 Å². The number of nitrogens with zero attached hydrogens (tertiary/aromatic N) is 2. The van der Waals surface area contributed by atoms with Gasteiger partial charge in [0, 0.05) is 29.5 Å². The molecule has 0 unspecified atom stereocenters. The molecule has 0 aliphatic carbocycles. The second-order valence-electron chi connectivity index (χ2n) is 5.59. The average molecular weight is 383 g/mol. The maximum Gasteiger partial charge on any atom is 0.387 e. The van der Waals surface area contributed by atoms with Gasteiger partial charge in [-0.1, -0.05) is 12.1 Å². The molecule has 1 heterocycles. The van der Waals surface area contributed by atoms with Gasteiger partial charge in [-0.15, -0.1) is 0 Å². The van der Waals surface area contributed by atoms with Gasteiger partial charge in [0.05, 0.1) is 18.3 Å². The Morgan fingerprint density at radius 3 is 2.52 bits per heavy atom. The van der Waals surface area contributed by atoms with Crippen molar-refractivity contribution in [2.24, 2.45) is 0 Å². The van der Waals surface area contributed by atoms with Crippen molar-refractivity contribution in [1.82, 2.24) is 9.97 Å². The molecule has 0 aliphatic heterocycles. The number of hydrogen-bond donors (Lipinski definition) is 0. The predicted octanol–water partition coefficient (Wildman–Crippen LogP) is 4.96. The van der Waals surface area contributed by atoms with Gasteiger partial charge >= 0.3 is 12.6 Å². The Balaban J connectivity index is 2.25. The second-order valence-corrected chi connectivity index (χ2v) is 5.59. The van der Waals surface area contributed by atoms with Gasteiger partial charge in [-0.05, 0) is 18.2 Å². The van der Waals surface area contributed by atoms with Gasteiger partial charge in [-0.25, -0.2) is 13.2 Å². The van der Waals surface area contributed by atoms with Crippen molar-refractivity contribution < 1.29 is 31.4 Å². The average Bonchev–Trinajstić information content (AvgIpc) is 2.61. The van der Waals surface area contributed by atoms with Crippen LogP contribution in [0.15, 0.2) is 30.3 Å². The minimum absolute atomic E-state index is 0.0200. The molecule has 1 radical (unpaired) electrons. The first-order valence-corrected chi connectivity index (χ1v) is 7.60. The van der Waals surface area contributed by atoms with Crippen LogP contribution in [0, 0.1) is 11.9 Å². The molecule has 9 heteroatoms. The van der Waals surface area contributed by atoms with Crippen LogP contribution >= 0.6 is 0 Å². The fourth-order valence-corrected chi connectivity index (χ4v) is 2.50. The van der Waals surface area contributed by atoms with E-state index in [-0.39, 0.29) is 33.7 Å². The lowest BCUT2D eigenvalue weighted by molar-refractivity contribution is -0.0523. The van der Waals surface area contributed by atoms with Crippen molar-refractivity contribution in [3.63, 3.8) is 0 Å². The number of alkyl halides is 4. The highest BCUT2D eigenvalue weighted by Crippen LogP contribution is 2.36. The molecule has 0 saturated carbocycles. The number of halogens is 5. The summed E-state index contributed by atoms with van der Waals surface area (Å²) in [6, 6.07) is 8.06. The van der Waals surface area contributed by atoms with E-state index in [1.165, 1.54) is 25.3 Å². The molecule has 0 amide bonds. The van der Waals surface area contributed by atoms with Crippen LogP contribution in [-0.2, 0) is 5.92 Å². The molecule has 0 atom stereocenters. The molecular formula is C18H12F5N2O2. The van der Waals surface area contributed by atoms with Crippen molar-refractivity contribution in [3.05, 3.63) is 47.8 Å². The van der Waals surface area contributed by atoms with Crippen molar-refractivity contribution in [1.29, 1.82) is 0 Å². The maximum atomic E-state index is 14.6.